The van der Waals surface area contributed by atoms with E-state index in [-0.39, 0.29) is 11.8 Å². The lowest BCUT2D eigenvalue weighted by Gasteiger charge is -2.26. The molecule has 0 spiro atoms. The van der Waals surface area contributed by atoms with E-state index in [4.69, 9.17) is 14.0 Å². The van der Waals surface area contributed by atoms with Gasteiger partial charge in [0.05, 0.1) is 18.9 Å². The summed E-state index contributed by atoms with van der Waals surface area (Å²) < 4.78 is 10.5. The summed E-state index contributed by atoms with van der Waals surface area (Å²) >= 11 is 0. The van der Waals surface area contributed by atoms with Gasteiger partial charge in [0.1, 0.15) is 5.56 Å². The molecule has 1 atom stereocenters. The van der Waals surface area contributed by atoms with Crippen LogP contribution in [0.15, 0.2) is 20.4 Å². The SMILES string of the molecule is O=C1NC(ON=C2CCOCC2)Nc2oc(=O)cc(CCCCC3CC3)c21. The van der Waals surface area contributed by atoms with Crippen molar-refractivity contribution in [1.29, 1.82) is 0 Å². The molecule has 1 unspecified atom stereocenters. The van der Waals surface area contributed by atoms with Gasteiger partial charge in [-0.05, 0) is 24.3 Å². The number of unbranched alkanes of at least 4 members (excludes halogenated alkanes) is 1. The highest BCUT2D eigenvalue weighted by atomic mass is 16.7. The molecule has 1 saturated heterocycles. The second-order valence-corrected chi connectivity index (χ2v) is 7.36. The average Bonchev–Trinajstić information content (AvgIpc) is 3.48. The number of nitrogens with one attached hydrogen (secondary N) is 2. The van der Waals surface area contributed by atoms with Crippen LogP contribution >= 0.6 is 0 Å². The van der Waals surface area contributed by atoms with Gasteiger partial charge < -0.3 is 19.3 Å². The Bertz CT molecular complexity index is 776. The second kappa shape index (κ2) is 8.12. The van der Waals surface area contributed by atoms with Crippen LogP contribution in [-0.2, 0) is 16.0 Å². The number of amides is 1. The van der Waals surface area contributed by atoms with E-state index in [1.165, 1.54) is 25.3 Å². The van der Waals surface area contributed by atoms with Crippen LogP contribution in [0.3, 0.4) is 0 Å². The van der Waals surface area contributed by atoms with Crippen molar-refractivity contribution < 1.29 is 18.8 Å². The van der Waals surface area contributed by atoms with E-state index in [1.807, 2.05) is 0 Å². The predicted molar refractivity (Wildman–Crippen MR) is 98.7 cm³/mol. The number of fused-ring (bicyclic) bond motifs is 1. The molecule has 0 radical (unpaired) electrons. The highest BCUT2D eigenvalue weighted by Gasteiger charge is 2.30. The molecule has 8 nitrogen and oxygen atoms in total. The van der Waals surface area contributed by atoms with Crippen molar-refractivity contribution in [3.05, 3.63) is 27.6 Å². The first-order chi connectivity index (χ1) is 13.2. The standard InChI is InChI=1S/C19H25N3O5/c23-15-11-13(4-2-1-3-12-5-6-12)16-17(24)20-19(21-18(16)26-15)27-22-14-7-9-25-10-8-14/h11-12,19,21H,1-10H2,(H,20,24). The summed E-state index contributed by atoms with van der Waals surface area (Å²) in [5.74, 6) is 0.725. The third kappa shape index (κ3) is 4.68. The normalized spacial score (nSPS) is 21.9. The first-order valence-electron chi connectivity index (χ1n) is 9.73. The predicted octanol–water partition coefficient (Wildman–Crippen LogP) is 2.38. The fourth-order valence-corrected chi connectivity index (χ4v) is 3.47. The second-order valence-electron chi connectivity index (χ2n) is 7.36. The van der Waals surface area contributed by atoms with E-state index in [9.17, 15) is 9.59 Å². The zero-order valence-corrected chi connectivity index (χ0v) is 15.3. The summed E-state index contributed by atoms with van der Waals surface area (Å²) in [5, 5.41) is 9.71. The number of carbonyl (C=O) groups excluding carboxylic acids is 1. The van der Waals surface area contributed by atoms with E-state index < -0.39 is 12.0 Å². The van der Waals surface area contributed by atoms with Crippen LogP contribution in [0.2, 0.25) is 0 Å². The Morgan fingerprint density at radius 1 is 1.15 bits per heavy atom. The lowest BCUT2D eigenvalue weighted by atomic mass is 10.0. The van der Waals surface area contributed by atoms with E-state index in [0.29, 0.717) is 38.0 Å². The van der Waals surface area contributed by atoms with Gasteiger partial charge >= 0.3 is 5.63 Å². The molecule has 3 aliphatic rings. The Morgan fingerprint density at radius 2 is 1.96 bits per heavy atom. The fourth-order valence-electron chi connectivity index (χ4n) is 3.47. The largest absolute Gasteiger partial charge is 0.406 e. The molecule has 0 bridgehead atoms. The first-order valence-corrected chi connectivity index (χ1v) is 9.73. The number of nitrogens with zero attached hydrogens (tertiary/aromatic N) is 1. The molecule has 27 heavy (non-hydrogen) atoms. The highest BCUT2D eigenvalue weighted by molar-refractivity contribution is 6.01. The quantitative estimate of drug-likeness (QED) is 0.560. The van der Waals surface area contributed by atoms with Crippen molar-refractivity contribution in [2.75, 3.05) is 18.5 Å². The molecule has 2 fully saturated rings. The van der Waals surface area contributed by atoms with Crippen LogP contribution in [0.4, 0.5) is 5.88 Å². The van der Waals surface area contributed by atoms with Crippen LogP contribution in [0, 0.1) is 5.92 Å². The monoisotopic (exact) mass is 375 g/mol. The molecule has 1 aromatic heterocycles. The first kappa shape index (κ1) is 18.0. The Hall–Kier alpha value is -2.35. The van der Waals surface area contributed by atoms with Crippen molar-refractivity contribution in [1.82, 2.24) is 5.32 Å². The van der Waals surface area contributed by atoms with Gasteiger partial charge in [0.25, 0.3) is 12.3 Å². The van der Waals surface area contributed by atoms with E-state index in [1.54, 1.807) is 0 Å². The third-order valence-corrected chi connectivity index (χ3v) is 5.16. The maximum Gasteiger partial charge on any atom is 0.337 e. The fraction of sp³-hybridized carbons (Fsp3) is 0.632. The number of aryl methyl sites for hydroxylation is 1. The van der Waals surface area contributed by atoms with Crippen LogP contribution in [-0.4, -0.2) is 31.2 Å². The molecule has 1 saturated carbocycles. The molecule has 1 aromatic rings. The molecular weight excluding hydrogens is 350 g/mol. The van der Waals surface area contributed by atoms with E-state index in [0.717, 1.165) is 30.0 Å². The summed E-state index contributed by atoms with van der Waals surface area (Å²) in [5.41, 5.74) is 1.52. The smallest absolute Gasteiger partial charge is 0.337 e. The number of ether oxygens (including phenoxy) is 1. The van der Waals surface area contributed by atoms with Crippen molar-refractivity contribution in [3.8, 4) is 0 Å². The Kier molecular flexibility index (Phi) is 5.42. The number of anilines is 1. The van der Waals surface area contributed by atoms with Gasteiger partial charge in [-0.1, -0.05) is 30.8 Å². The molecule has 8 heteroatoms. The molecule has 4 rings (SSSR count). The van der Waals surface area contributed by atoms with Gasteiger partial charge in [0, 0.05) is 18.9 Å². The molecular formula is C19H25N3O5. The van der Waals surface area contributed by atoms with Crippen LogP contribution in [0.25, 0.3) is 0 Å². The minimum Gasteiger partial charge on any atom is -0.406 e. The topological polar surface area (TPSA) is 102 Å². The van der Waals surface area contributed by atoms with Crippen molar-refractivity contribution >= 4 is 17.5 Å². The third-order valence-electron chi connectivity index (χ3n) is 5.16. The Morgan fingerprint density at radius 3 is 2.74 bits per heavy atom. The Balaban J connectivity index is 1.42. The number of carbonyl (C=O) groups is 1. The van der Waals surface area contributed by atoms with Crippen LogP contribution in [0.5, 0.6) is 0 Å². The molecule has 2 N–H and O–H groups in total. The van der Waals surface area contributed by atoms with Gasteiger partial charge in [0.15, 0.2) is 0 Å². The highest BCUT2D eigenvalue weighted by Crippen LogP contribution is 2.34. The molecule has 3 heterocycles. The minimum absolute atomic E-state index is 0.153. The molecule has 0 aromatic carbocycles. The van der Waals surface area contributed by atoms with Crippen molar-refractivity contribution in [3.63, 3.8) is 0 Å². The number of hydrogen-bond acceptors (Lipinski definition) is 7. The summed E-state index contributed by atoms with van der Waals surface area (Å²) in [7, 11) is 0. The van der Waals surface area contributed by atoms with Gasteiger partial charge in [0.2, 0.25) is 5.88 Å². The zero-order valence-electron chi connectivity index (χ0n) is 15.3. The van der Waals surface area contributed by atoms with Gasteiger partial charge in [-0.2, -0.15) is 0 Å². The molecule has 146 valence electrons. The van der Waals surface area contributed by atoms with Crippen LogP contribution in [0.1, 0.15) is 60.9 Å². The lowest BCUT2D eigenvalue weighted by molar-refractivity contribution is 0.0396. The average molecular weight is 375 g/mol. The summed E-state index contributed by atoms with van der Waals surface area (Å²) in [6, 6.07) is 1.42. The number of oxime groups is 1. The van der Waals surface area contributed by atoms with E-state index in [2.05, 4.69) is 15.8 Å². The maximum atomic E-state index is 12.6. The van der Waals surface area contributed by atoms with Crippen molar-refractivity contribution in [2.24, 2.45) is 11.1 Å². The molecule has 1 amide bonds. The minimum atomic E-state index is -0.867. The van der Waals surface area contributed by atoms with Crippen LogP contribution < -0.4 is 16.3 Å². The van der Waals surface area contributed by atoms with Crippen molar-refractivity contribution in [2.45, 2.75) is 57.7 Å². The van der Waals surface area contributed by atoms with Gasteiger partial charge in [-0.25, -0.2) is 4.79 Å². The Labute approximate surface area is 157 Å². The summed E-state index contributed by atoms with van der Waals surface area (Å²) in [4.78, 5) is 29.9. The van der Waals surface area contributed by atoms with Gasteiger partial charge in [-0.3, -0.25) is 10.1 Å². The zero-order chi connectivity index (χ0) is 18.6. The van der Waals surface area contributed by atoms with Gasteiger partial charge in [-0.15, -0.1) is 0 Å². The lowest BCUT2D eigenvalue weighted by Crippen LogP contribution is -2.47. The van der Waals surface area contributed by atoms with E-state index >= 15 is 0 Å². The summed E-state index contributed by atoms with van der Waals surface area (Å²) in [6.07, 6.45) is 7.21. The molecule has 1 aliphatic carbocycles. The number of rotatable bonds is 7. The maximum absolute atomic E-state index is 12.6. The summed E-state index contributed by atoms with van der Waals surface area (Å²) in [6.45, 7) is 1.24. The molecule has 2 aliphatic heterocycles. The number of hydrogen-bond donors (Lipinski definition) is 2.